The molecule has 1 aromatic carbocycles. The number of aromatic nitrogens is 2. The maximum atomic E-state index is 12.9. The highest BCUT2D eigenvalue weighted by Crippen LogP contribution is 2.23. The predicted octanol–water partition coefficient (Wildman–Crippen LogP) is 3.68. The van der Waals surface area contributed by atoms with Crippen molar-refractivity contribution < 1.29 is 4.79 Å². The first kappa shape index (κ1) is 15.8. The van der Waals surface area contributed by atoms with E-state index in [0.717, 1.165) is 37.2 Å². The van der Waals surface area contributed by atoms with Gasteiger partial charge in [0.15, 0.2) is 0 Å². The fraction of sp³-hybridized carbons (Fsp3) is 0.474. The van der Waals surface area contributed by atoms with Gasteiger partial charge in [0.25, 0.3) is 5.91 Å². The molecule has 1 amide bonds. The first-order valence-electron chi connectivity index (χ1n) is 8.55. The lowest BCUT2D eigenvalue weighted by Crippen LogP contribution is -2.36. The SMILES string of the molecule is CC(C)c1c(C(=O)N2CCCCC2)cnn1Cc1ccccc1. The summed E-state index contributed by atoms with van der Waals surface area (Å²) in [6.07, 6.45) is 5.21. The summed E-state index contributed by atoms with van der Waals surface area (Å²) < 4.78 is 1.98. The highest BCUT2D eigenvalue weighted by atomic mass is 16.2. The Hall–Kier alpha value is -2.10. The van der Waals surface area contributed by atoms with E-state index in [1.807, 2.05) is 27.8 Å². The first-order valence-corrected chi connectivity index (χ1v) is 8.55. The van der Waals surface area contributed by atoms with Crippen LogP contribution >= 0.6 is 0 Å². The molecule has 0 aliphatic carbocycles. The van der Waals surface area contributed by atoms with Crippen LogP contribution in [0.15, 0.2) is 36.5 Å². The second kappa shape index (κ2) is 6.99. The Morgan fingerprint density at radius 3 is 2.48 bits per heavy atom. The largest absolute Gasteiger partial charge is 0.339 e. The van der Waals surface area contributed by atoms with Gasteiger partial charge in [0.05, 0.1) is 24.0 Å². The molecular weight excluding hydrogens is 286 g/mol. The number of carbonyl (C=O) groups excluding carboxylic acids is 1. The van der Waals surface area contributed by atoms with E-state index in [1.54, 1.807) is 6.20 Å². The zero-order valence-corrected chi connectivity index (χ0v) is 14.0. The molecular formula is C19H25N3O. The third-order valence-electron chi connectivity index (χ3n) is 4.48. The lowest BCUT2D eigenvalue weighted by molar-refractivity contribution is 0.0722. The third kappa shape index (κ3) is 3.46. The van der Waals surface area contributed by atoms with Crippen LogP contribution in [-0.2, 0) is 6.54 Å². The van der Waals surface area contributed by atoms with Gasteiger partial charge in [0.1, 0.15) is 0 Å². The fourth-order valence-corrected chi connectivity index (χ4v) is 3.32. The summed E-state index contributed by atoms with van der Waals surface area (Å²) >= 11 is 0. The molecule has 2 aromatic rings. The summed E-state index contributed by atoms with van der Waals surface area (Å²) in [5.41, 5.74) is 3.02. The van der Waals surface area contributed by atoms with Crippen molar-refractivity contribution in [2.24, 2.45) is 0 Å². The van der Waals surface area contributed by atoms with Crippen molar-refractivity contribution in [3.05, 3.63) is 53.3 Å². The lowest BCUT2D eigenvalue weighted by Gasteiger charge is -2.27. The topological polar surface area (TPSA) is 38.1 Å². The molecule has 0 atom stereocenters. The van der Waals surface area contributed by atoms with E-state index < -0.39 is 0 Å². The van der Waals surface area contributed by atoms with Crippen LogP contribution in [0.2, 0.25) is 0 Å². The summed E-state index contributed by atoms with van der Waals surface area (Å²) in [5.74, 6) is 0.415. The number of nitrogens with zero attached hydrogens (tertiary/aromatic N) is 3. The number of likely N-dealkylation sites (tertiary alicyclic amines) is 1. The van der Waals surface area contributed by atoms with Crippen LogP contribution in [0.4, 0.5) is 0 Å². The normalized spacial score (nSPS) is 15.2. The number of hydrogen-bond donors (Lipinski definition) is 0. The van der Waals surface area contributed by atoms with Gasteiger partial charge in [-0.2, -0.15) is 5.10 Å². The number of benzene rings is 1. The molecule has 1 aliphatic rings. The Labute approximate surface area is 138 Å². The standard InChI is InChI=1S/C19H25N3O/c1-15(2)18-17(19(23)21-11-7-4-8-12-21)13-20-22(18)14-16-9-5-3-6-10-16/h3,5-6,9-10,13,15H,4,7-8,11-12,14H2,1-2H3. The van der Waals surface area contributed by atoms with Crippen molar-refractivity contribution in [1.82, 2.24) is 14.7 Å². The molecule has 23 heavy (non-hydrogen) atoms. The van der Waals surface area contributed by atoms with Crippen LogP contribution in [0.25, 0.3) is 0 Å². The lowest BCUT2D eigenvalue weighted by atomic mass is 10.0. The van der Waals surface area contributed by atoms with E-state index in [0.29, 0.717) is 6.54 Å². The molecule has 3 rings (SSSR count). The molecule has 0 unspecified atom stereocenters. The number of rotatable bonds is 4. The predicted molar refractivity (Wildman–Crippen MR) is 91.6 cm³/mol. The fourth-order valence-electron chi connectivity index (χ4n) is 3.32. The Balaban J connectivity index is 1.87. The molecule has 1 aliphatic heterocycles. The van der Waals surface area contributed by atoms with E-state index in [4.69, 9.17) is 0 Å². The molecule has 0 saturated carbocycles. The summed E-state index contributed by atoms with van der Waals surface area (Å²) in [7, 11) is 0. The van der Waals surface area contributed by atoms with Gasteiger partial charge in [-0.1, -0.05) is 44.2 Å². The van der Waals surface area contributed by atoms with Gasteiger partial charge in [0, 0.05) is 13.1 Å². The minimum Gasteiger partial charge on any atom is -0.339 e. The summed E-state index contributed by atoms with van der Waals surface area (Å²) in [4.78, 5) is 14.8. The Bertz CT molecular complexity index is 655. The van der Waals surface area contributed by atoms with Crippen LogP contribution in [0, 0.1) is 0 Å². The Morgan fingerprint density at radius 2 is 1.83 bits per heavy atom. The average molecular weight is 311 g/mol. The second-order valence-corrected chi connectivity index (χ2v) is 6.59. The summed E-state index contributed by atoms with van der Waals surface area (Å²) in [6, 6.07) is 10.3. The Kier molecular flexibility index (Phi) is 4.79. The maximum absolute atomic E-state index is 12.9. The molecule has 0 radical (unpaired) electrons. The number of hydrogen-bond acceptors (Lipinski definition) is 2. The molecule has 1 saturated heterocycles. The number of amides is 1. The van der Waals surface area contributed by atoms with Crippen molar-refractivity contribution in [3.63, 3.8) is 0 Å². The zero-order chi connectivity index (χ0) is 16.2. The van der Waals surface area contributed by atoms with Crippen LogP contribution in [-0.4, -0.2) is 33.7 Å². The van der Waals surface area contributed by atoms with Crippen LogP contribution < -0.4 is 0 Å². The van der Waals surface area contributed by atoms with Gasteiger partial charge in [-0.05, 0) is 30.7 Å². The molecule has 0 spiro atoms. The molecule has 0 N–H and O–H groups in total. The second-order valence-electron chi connectivity index (χ2n) is 6.59. The molecule has 1 aromatic heterocycles. The summed E-state index contributed by atoms with van der Waals surface area (Å²) in [6.45, 7) is 6.72. The van der Waals surface area contributed by atoms with Crippen molar-refractivity contribution in [1.29, 1.82) is 0 Å². The quantitative estimate of drug-likeness (QED) is 0.864. The van der Waals surface area contributed by atoms with Crippen molar-refractivity contribution in [3.8, 4) is 0 Å². The molecule has 1 fully saturated rings. The Morgan fingerprint density at radius 1 is 1.13 bits per heavy atom. The highest BCUT2D eigenvalue weighted by Gasteiger charge is 2.25. The van der Waals surface area contributed by atoms with Gasteiger partial charge in [-0.15, -0.1) is 0 Å². The van der Waals surface area contributed by atoms with Gasteiger partial charge in [0.2, 0.25) is 0 Å². The van der Waals surface area contributed by atoms with E-state index in [1.165, 1.54) is 12.0 Å². The minimum absolute atomic E-state index is 0.146. The van der Waals surface area contributed by atoms with Gasteiger partial charge >= 0.3 is 0 Å². The number of carbonyl (C=O) groups is 1. The number of piperidine rings is 1. The zero-order valence-electron chi connectivity index (χ0n) is 14.0. The first-order chi connectivity index (χ1) is 11.2. The van der Waals surface area contributed by atoms with E-state index in [-0.39, 0.29) is 11.8 Å². The summed E-state index contributed by atoms with van der Waals surface area (Å²) in [5, 5.41) is 4.52. The van der Waals surface area contributed by atoms with Crippen LogP contribution in [0.3, 0.4) is 0 Å². The average Bonchev–Trinajstić information content (AvgIpc) is 2.99. The molecule has 2 heterocycles. The van der Waals surface area contributed by atoms with Gasteiger partial charge in [-0.3, -0.25) is 9.48 Å². The smallest absolute Gasteiger partial charge is 0.257 e. The maximum Gasteiger partial charge on any atom is 0.257 e. The van der Waals surface area contributed by atoms with Crippen LogP contribution in [0.5, 0.6) is 0 Å². The van der Waals surface area contributed by atoms with Crippen molar-refractivity contribution >= 4 is 5.91 Å². The van der Waals surface area contributed by atoms with E-state index in [9.17, 15) is 4.79 Å². The van der Waals surface area contributed by atoms with Crippen molar-refractivity contribution in [2.75, 3.05) is 13.1 Å². The monoisotopic (exact) mass is 311 g/mol. The molecule has 122 valence electrons. The van der Waals surface area contributed by atoms with E-state index >= 15 is 0 Å². The third-order valence-corrected chi connectivity index (χ3v) is 4.48. The minimum atomic E-state index is 0.146. The molecule has 4 heteroatoms. The highest BCUT2D eigenvalue weighted by molar-refractivity contribution is 5.95. The van der Waals surface area contributed by atoms with E-state index in [2.05, 4.69) is 31.1 Å². The van der Waals surface area contributed by atoms with Gasteiger partial charge in [-0.25, -0.2) is 0 Å². The van der Waals surface area contributed by atoms with Crippen LogP contribution in [0.1, 0.15) is 60.6 Å². The molecule has 4 nitrogen and oxygen atoms in total. The van der Waals surface area contributed by atoms with Gasteiger partial charge < -0.3 is 4.90 Å². The van der Waals surface area contributed by atoms with Crippen molar-refractivity contribution in [2.45, 2.75) is 45.6 Å². The molecule has 0 bridgehead atoms.